The molecule has 0 spiro atoms. The Kier molecular flexibility index (Phi) is 2.57. The zero-order valence-corrected chi connectivity index (χ0v) is 12.1. The molecule has 4 heteroatoms. The van der Waals surface area contributed by atoms with Gasteiger partial charge in [-0.1, -0.05) is 0 Å². The Morgan fingerprint density at radius 1 is 1.46 bits per heavy atom. The van der Waals surface area contributed by atoms with Gasteiger partial charge >= 0.3 is 87.9 Å². The summed E-state index contributed by atoms with van der Waals surface area (Å²) < 4.78 is 1.41. The van der Waals surface area contributed by atoms with Crippen molar-refractivity contribution in [1.29, 1.82) is 0 Å². The zero-order valence-electron chi connectivity index (χ0n) is 8.42. The van der Waals surface area contributed by atoms with Gasteiger partial charge in [0.15, 0.2) is 0 Å². The third-order valence-electron chi connectivity index (χ3n) is 2.18. The number of nitrogens with zero attached hydrogens (tertiary/aromatic N) is 1. The van der Waals surface area contributed by atoms with Gasteiger partial charge in [0.05, 0.1) is 0 Å². The molecular formula is C9H16N2SSn. The van der Waals surface area contributed by atoms with Crippen LogP contribution < -0.4 is 9.03 Å². The third kappa shape index (κ3) is 2.59. The van der Waals surface area contributed by atoms with E-state index < -0.39 is 18.4 Å². The summed E-state index contributed by atoms with van der Waals surface area (Å²) >= 11 is -0.107. The Balaban J connectivity index is 2.08. The molecule has 1 aliphatic rings. The summed E-state index contributed by atoms with van der Waals surface area (Å²) in [5.74, 6) is 0. The van der Waals surface area contributed by atoms with Crippen LogP contribution in [-0.2, 0) is 0 Å². The minimum absolute atomic E-state index is 0.731. The Morgan fingerprint density at radius 3 is 2.62 bits per heavy atom. The summed E-state index contributed by atoms with van der Waals surface area (Å²) in [6.07, 6.45) is 2.65. The first-order valence-electron chi connectivity index (χ1n) is 4.78. The van der Waals surface area contributed by atoms with Gasteiger partial charge in [-0.05, 0) is 0 Å². The van der Waals surface area contributed by atoms with E-state index >= 15 is 0 Å². The topological polar surface area (TPSA) is 24.9 Å². The van der Waals surface area contributed by atoms with Crippen molar-refractivity contribution in [2.24, 2.45) is 0 Å². The van der Waals surface area contributed by atoms with E-state index in [1.54, 1.807) is 11.3 Å². The average molecular weight is 303 g/mol. The molecular weight excluding hydrogens is 287 g/mol. The van der Waals surface area contributed by atoms with Crippen LogP contribution in [0.2, 0.25) is 14.8 Å². The number of aromatic nitrogens is 1. The molecule has 0 aliphatic heterocycles. The Bertz CT molecular complexity index is 299. The van der Waals surface area contributed by atoms with Gasteiger partial charge in [0, 0.05) is 0 Å². The number of nitrogens with one attached hydrogen (secondary N) is 1. The number of rotatable bonds is 3. The van der Waals surface area contributed by atoms with Crippen LogP contribution >= 0.6 is 11.3 Å². The standard InChI is InChI=1S/C6H7N2S.3CH3.Sn/c1-2-5(1)8-6-7-3-4-9-6;;;;/h4-5H,1-2H2,(H,7,8);3*1H3;. The molecule has 13 heavy (non-hydrogen) atoms. The molecule has 0 bridgehead atoms. The van der Waals surface area contributed by atoms with E-state index in [-0.39, 0.29) is 0 Å². The number of hydrogen-bond donors (Lipinski definition) is 1. The fraction of sp³-hybridized carbons (Fsp3) is 0.667. The van der Waals surface area contributed by atoms with Crippen molar-refractivity contribution in [1.82, 2.24) is 4.98 Å². The van der Waals surface area contributed by atoms with E-state index in [1.165, 1.54) is 16.6 Å². The molecule has 2 nitrogen and oxygen atoms in total. The second kappa shape index (κ2) is 3.42. The van der Waals surface area contributed by atoms with Crippen molar-refractivity contribution >= 4 is 38.6 Å². The molecule has 1 aromatic heterocycles. The quantitative estimate of drug-likeness (QED) is 0.867. The summed E-state index contributed by atoms with van der Waals surface area (Å²) in [6.45, 7) is 0. The van der Waals surface area contributed by atoms with Gasteiger partial charge in [-0.3, -0.25) is 0 Å². The second-order valence-electron chi connectivity index (χ2n) is 4.71. The molecule has 0 atom stereocenters. The van der Waals surface area contributed by atoms with E-state index in [9.17, 15) is 0 Å². The van der Waals surface area contributed by atoms with Crippen molar-refractivity contribution in [2.45, 2.75) is 33.7 Å². The predicted molar refractivity (Wildman–Crippen MR) is 61.7 cm³/mol. The molecule has 0 saturated heterocycles. The first kappa shape index (κ1) is 9.77. The van der Waals surface area contributed by atoms with Crippen molar-refractivity contribution in [2.75, 3.05) is 5.32 Å². The van der Waals surface area contributed by atoms with Gasteiger partial charge in [-0.15, -0.1) is 0 Å². The van der Waals surface area contributed by atoms with Crippen molar-refractivity contribution < 1.29 is 0 Å². The second-order valence-corrected chi connectivity index (χ2v) is 19.9. The molecule has 0 aromatic carbocycles. The van der Waals surface area contributed by atoms with Crippen LogP contribution in [0.25, 0.3) is 0 Å². The molecule has 72 valence electrons. The normalized spacial score (nSPS) is 17.5. The molecule has 1 heterocycles. The van der Waals surface area contributed by atoms with E-state index in [1.807, 2.05) is 0 Å². The average Bonchev–Trinajstić information content (AvgIpc) is 2.63. The minimum atomic E-state index is -1.88. The van der Waals surface area contributed by atoms with Gasteiger partial charge in [-0.25, -0.2) is 0 Å². The summed E-state index contributed by atoms with van der Waals surface area (Å²) in [5.41, 5.74) is 0. The van der Waals surface area contributed by atoms with E-state index in [0.717, 1.165) is 11.2 Å². The van der Waals surface area contributed by atoms with Crippen LogP contribution in [0.4, 0.5) is 5.13 Å². The Labute approximate surface area is 87.6 Å². The van der Waals surface area contributed by atoms with Gasteiger partial charge in [0.2, 0.25) is 0 Å². The molecule has 1 fully saturated rings. The predicted octanol–water partition coefficient (Wildman–Crippen LogP) is 2.26. The first-order valence-corrected chi connectivity index (χ1v) is 15.6. The summed E-state index contributed by atoms with van der Waals surface area (Å²) in [7, 11) is 0. The SMILES string of the molecule is [CH3][Sn]([CH3])([CH3])[c]1csc(NC2CC2)n1. The van der Waals surface area contributed by atoms with Crippen molar-refractivity contribution in [3.05, 3.63) is 5.38 Å². The molecule has 0 radical (unpaired) electrons. The Morgan fingerprint density at radius 2 is 2.15 bits per heavy atom. The third-order valence-corrected chi connectivity index (χ3v) is 8.67. The van der Waals surface area contributed by atoms with E-state index in [2.05, 4.69) is 30.5 Å². The van der Waals surface area contributed by atoms with Crippen LogP contribution in [0.5, 0.6) is 0 Å². The first-order chi connectivity index (χ1) is 6.05. The van der Waals surface area contributed by atoms with Gasteiger partial charge in [-0.2, -0.15) is 0 Å². The number of hydrogen-bond acceptors (Lipinski definition) is 3. The van der Waals surface area contributed by atoms with Gasteiger partial charge in [0.1, 0.15) is 0 Å². The molecule has 2 rings (SSSR count). The van der Waals surface area contributed by atoms with Crippen LogP contribution in [0.1, 0.15) is 12.8 Å². The van der Waals surface area contributed by atoms with Crippen LogP contribution in [0.15, 0.2) is 5.38 Å². The van der Waals surface area contributed by atoms with E-state index in [0.29, 0.717) is 0 Å². The zero-order chi connectivity index (χ0) is 9.47. The summed E-state index contributed by atoms with van der Waals surface area (Å²) in [6, 6.07) is 0.731. The van der Waals surface area contributed by atoms with Crippen LogP contribution in [0.3, 0.4) is 0 Å². The fourth-order valence-corrected chi connectivity index (χ4v) is 7.14. The molecule has 1 aromatic rings. The summed E-state index contributed by atoms with van der Waals surface area (Å²) in [5, 5.41) is 6.84. The number of anilines is 1. The van der Waals surface area contributed by atoms with Gasteiger partial charge < -0.3 is 0 Å². The molecule has 0 amide bonds. The molecule has 1 saturated carbocycles. The molecule has 1 aliphatic carbocycles. The maximum atomic E-state index is 4.66. The van der Waals surface area contributed by atoms with Gasteiger partial charge in [0.25, 0.3) is 0 Å². The van der Waals surface area contributed by atoms with Crippen molar-refractivity contribution in [3.8, 4) is 0 Å². The van der Waals surface area contributed by atoms with E-state index in [4.69, 9.17) is 0 Å². The van der Waals surface area contributed by atoms with Crippen LogP contribution in [-0.4, -0.2) is 29.4 Å². The van der Waals surface area contributed by atoms with Crippen LogP contribution in [0, 0.1) is 0 Å². The Hall–Kier alpha value is 0.229. The fourth-order valence-electron chi connectivity index (χ4n) is 1.09. The van der Waals surface area contributed by atoms with Crippen molar-refractivity contribution in [3.63, 3.8) is 0 Å². The maximum absolute atomic E-state index is 4.66. The monoisotopic (exact) mass is 304 g/mol. The molecule has 1 N–H and O–H groups in total. The number of thiazole rings is 1. The summed E-state index contributed by atoms with van der Waals surface area (Å²) in [4.78, 5) is 11.9. The molecule has 0 unspecified atom stereocenters.